The molecule has 0 saturated heterocycles. The number of aliphatic hydroxyl groups excluding tert-OH is 1. The zero-order valence-corrected chi connectivity index (χ0v) is 15.5. The van der Waals surface area contributed by atoms with Gasteiger partial charge in [0.05, 0.1) is 28.2 Å². The fourth-order valence-electron chi connectivity index (χ4n) is 1.15. The van der Waals surface area contributed by atoms with E-state index in [4.69, 9.17) is 5.11 Å². The zero-order chi connectivity index (χ0) is 17.9. The fraction of sp³-hybridized carbons (Fsp3) is 0.222. The summed E-state index contributed by atoms with van der Waals surface area (Å²) in [5, 5.41) is 18.9. The number of hydrogen-bond acceptors (Lipinski definition) is 3. The Hall–Kier alpha value is -1.82. The molecule has 0 amide bonds. The molecule has 1 N–H and O–H groups in total. The summed E-state index contributed by atoms with van der Waals surface area (Å²) in [7, 11) is 8.50. The van der Waals surface area contributed by atoms with Crippen LogP contribution in [-0.2, 0) is 0 Å². The smallest absolute Gasteiger partial charge is 0.188 e. The Bertz CT molecular complexity index is 538. The average molecular weight is 350 g/mol. The van der Waals surface area contributed by atoms with E-state index < -0.39 is 0 Å². The molecule has 0 aliphatic heterocycles. The molecule has 5 heteroatoms. The third-order valence-corrected chi connectivity index (χ3v) is 2.50. The molecule has 2 aromatic rings. The van der Waals surface area contributed by atoms with Crippen molar-refractivity contribution in [2.75, 3.05) is 28.2 Å². The topological polar surface area (TPSA) is 43.3 Å². The van der Waals surface area contributed by atoms with Crippen LogP contribution in [0.1, 0.15) is 11.1 Å². The molecule has 124 valence electrons. The minimum atomic E-state index is -0.296. The second-order valence-electron chi connectivity index (χ2n) is 6.01. The molecule has 0 aliphatic carbocycles. The van der Waals surface area contributed by atoms with Gasteiger partial charge in [0, 0.05) is 5.56 Å². The van der Waals surface area contributed by atoms with Gasteiger partial charge in [0.25, 0.3) is 0 Å². The van der Waals surface area contributed by atoms with Crippen LogP contribution in [0, 0.1) is 0 Å². The third kappa shape index (κ3) is 13.6. The van der Waals surface area contributed by atoms with Gasteiger partial charge < -0.3 is 14.7 Å². The molecule has 0 bridgehead atoms. The van der Waals surface area contributed by atoms with Crippen LogP contribution in [0.25, 0.3) is 0 Å². The standard InChI is InChI=1S/2C7H6OS.C4H12N/c2*8-7(9)6-4-2-1-3-5-6;1-5(2,3)4/h2*1-5H,(H,8,9);1-4H3/q;;+1/p-1. The van der Waals surface area contributed by atoms with Crippen molar-refractivity contribution in [3.8, 4) is 0 Å². The van der Waals surface area contributed by atoms with Crippen molar-refractivity contribution >= 4 is 34.5 Å². The predicted octanol–water partition coefficient (Wildman–Crippen LogP) is 2.96. The van der Waals surface area contributed by atoms with Crippen LogP contribution in [0.3, 0.4) is 0 Å². The first-order chi connectivity index (χ1) is 10.6. The van der Waals surface area contributed by atoms with E-state index in [2.05, 4.69) is 52.6 Å². The zero-order valence-electron chi connectivity index (χ0n) is 13.9. The van der Waals surface area contributed by atoms with Gasteiger partial charge in [-0.3, -0.25) is 0 Å². The highest BCUT2D eigenvalue weighted by molar-refractivity contribution is 7.80. The molecule has 2 rings (SSSR count). The van der Waals surface area contributed by atoms with E-state index in [-0.39, 0.29) is 10.1 Å². The number of thiocarbonyl (C=S) groups is 2. The van der Waals surface area contributed by atoms with Crippen molar-refractivity contribution in [1.82, 2.24) is 0 Å². The van der Waals surface area contributed by atoms with Crippen molar-refractivity contribution in [1.29, 1.82) is 0 Å². The monoisotopic (exact) mass is 349 g/mol. The maximum absolute atomic E-state index is 10.5. The van der Waals surface area contributed by atoms with Crippen LogP contribution in [0.4, 0.5) is 0 Å². The van der Waals surface area contributed by atoms with E-state index in [1.807, 2.05) is 24.3 Å². The fourth-order valence-corrected chi connectivity index (χ4v) is 1.43. The molecule has 0 spiro atoms. The lowest BCUT2D eigenvalue weighted by Crippen LogP contribution is -2.27. The number of quaternary nitrogens is 1. The summed E-state index contributed by atoms with van der Waals surface area (Å²) in [4.78, 5) is 0. The normalized spacial score (nSPS) is 9.57. The molecule has 0 unspecified atom stereocenters. The summed E-state index contributed by atoms with van der Waals surface area (Å²) in [5.41, 5.74) is 1.29. The van der Waals surface area contributed by atoms with Crippen molar-refractivity contribution in [3.63, 3.8) is 0 Å². The molecule has 0 fully saturated rings. The van der Waals surface area contributed by atoms with Gasteiger partial charge in [-0.1, -0.05) is 72.9 Å². The van der Waals surface area contributed by atoms with Gasteiger partial charge in [-0.25, -0.2) is 0 Å². The van der Waals surface area contributed by atoms with Crippen molar-refractivity contribution < 1.29 is 14.7 Å². The maximum atomic E-state index is 10.5. The molecule has 0 aromatic heterocycles. The number of aliphatic hydroxyl groups is 1. The summed E-state index contributed by atoms with van der Waals surface area (Å²) < 4.78 is 1.00. The second-order valence-corrected chi connectivity index (χ2v) is 6.77. The quantitative estimate of drug-likeness (QED) is 0.669. The Kier molecular flexibility index (Phi) is 9.97. The number of hydrogen-bond donors (Lipinski definition) is 1. The summed E-state index contributed by atoms with van der Waals surface area (Å²) in [6, 6.07) is 17.9. The largest absolute Gasteiger partial charge is 0.864 e. The van der Waals surface area contributed by atoms with Gasteiger partial charge in [0.2, 0.25) is 0 Å². The Morgan fingerprint density at radius 3 is 1.26 bits per heavy atom. The molecule has 2 aromatic carbocycles. The molecule has 0 radical (unpaired) electrons. The number of nitrogens with zero attached hydrogens (tertiary/aromatic N) is 1. The number of rotatable bonds is 2. The van der Waals surface area contributed by atoms with Gasteiger partial charge in [-0.2, -0.15) is 0 Å². The van der Waals surface area contributed by atoms with E-state index >= 15 is 0 Å². The van der Waals surface area contributed by atoms with Crippen molar-refractivity contribution in [3.05, 3.63) is 71.8 Å². The van der Waals surface area contributed by atoms with Gasteiger partial charge >= 0.3 is 0 Å². The van der Waals surface area contributed by atoms with Crippen LogP contribution in [-0.4, -0.2) is 47.9 Å². The van der Waals surface area contributed by atoms with Crippen LogP contribution < -0.4 is 5.11 Å². The highest BCUT2D eigenvalue weighted by atomic mass is 32.1. The minimum absolute atomic E-state index is 0.0457. The van der Waals surface area contributed by atoms with Crippen LogP contribution in [0.5, 0.6) is 0 Å². The Morgan fingerprint density at radius 1 is 0.783 bits per heavy atom. The first-order valence-electron chi connectivity index (χ1n) is 6.95. The van der Waals surface area contributed by atoms with E-state index in [0.29, 0.717) is 11.1 Å². The van der Waals surface area contributed by atoms with Crippen molar-refractivity contribution in [2.24, 2.45) is 0 Å². The van der Waals surface area contributed by atoms with Crippen molar-refractivity contribution in [2.45, 2.75) is 0 Å². The maximum Gasteiger partial charge on any atom is 0.188 e. The molecule has 0 saturated carbocycles. The molecular weight excluding hydrogens is 326 g/mol. The SMILES string of the molecule is C[N+](C)(C)C.OC(=S)c1ccccc1.[O-]C(=S)c1ccccc1. The Morgan fingerprint density at radius 2 is 1.09 bits per heavy atom. The molecule has 23 heavy (non-hydrogen) atoms. The minimum Gasteiger partial charge on any atom is -0.864 e. The molecule has 0 aliphatic rings. The highest BCUT2D eigenvalue weighted by Gasteiger charge is 1.91. The average Bonchev–Trinajstić information content (AvgIpc) is 2.48. The lowest BCUT2D eigenvalue weighted by Gasteiger charge is -2.14. The van der Waals surface area contributed by atoms with Crippen LogP contribution >= 0.6 is 24.4 Å². The number of benzene rings is 2. The van der Waals surface area contributed by atoms with E-state index in [9.17, 15) is 5.11 Å². The van der Waals surface area contributed by atoms with Crippen LogP contribution in [0.2, 0.25) is 0 Å². The summed E-state index contributed by atoms with van der Waals surface area (Å²) in [5.74, 6) is 0. The van der Waals surface area contributed by atoms with Gasteiger partial charge in [0.1, 0.15) is 0 Å². The summed E-state index contributed by atoms with van der Waals surface area (Å²) in [6.45, 7) is 0. The molecule has 0 atom stereocenters. The molecule has 0 heterocycles. The molecule has 3 nitrogen and oxygen atoms in total. The first kappa shape index (κ1) is 21.2. The Labute approximate surface area is 149 Å². The van der Waals surface area contributed by atoms with Gasteiger partial charge in [-0.15, -0.1) is 0 Å². The lowest BCUT2D eigenvalue weighted by molar-refractivity contribution is -0.849. The third-order valence-electron chi connectivity index (χ3n) is 2.03. The van der Waals surface area contributed by atoms with Crippen LogP contribution in [0.15, 0.2) is 60.7 Å². The van der Waals surface area contributed by atoms with E-state index in [1.165, 1.54) is 0 Å². The van der Waals surface area contributed by atoms with E-state index in [0.717, 1.165) is 4.48 Å². The highest BCUT2D eigenvalue weighted by Crippen LogP contribution is 1.97. The Balaban J connectivity index is 0.000000332. The second kappa shape index (κ2) is 10.8. The van der Waals surface area contributed by atoms with Gasteiger partial charge in [-0.05, 0) is 22.8 Å². The summed E-state index contributed by atoms with van der Waals surface area (Å²) >= 11 is 8.92. The first-order valence-corrected chi connectivity index (χ1v) is 7.76. The van der Waals surface area contributed by atoms with Gasteiger partial charge in [0.15, 0.2) is 5.05 Å². The van der Waals surface area contributed by atoms with E-state index in [1.54, 1.807) is 36.4 Å². The lowest BCUT2D eigenvalue weighted by atomic mass is 10.2. The summed E-state index contributed by atoms with van der Waals surface area (Å²) in [6.07, 6.45) is 0. The molecular formula is C18H23NO2S2. The predicted molar refractivity (Wildman–Crippen MR) is 103 cm³/mol.